The Labute approximate surface area is 176 Å². The number of nitrogens with zero attached hydrogens (tertiary/aromatic N) is 4. The van der Waals surface area contributed by atoms with Gasteiger partial charge in [0.2, 0.25) is 0 Å². The maximum Gasteiger partial charge on any atom is 0.191 e. The van der Waals surface area contributed by atoms with Crippen LogP contribution in [0.15, 0.2) is 4.99 Å². The van der Waals surface area contributed by atoms with Gasteiger partial charge in [-0.3, -0.25) is 14.6 Å². The van der Waals surface area contributed by atoms with E-state index in [1.54, 1.807) is 7.11 Å². The van der Waals surface area contributed by atoms with Crippen LogP contribution in [0.4, 0.5) is 0 Å². The third-order valence-electron chi connectivity index (χ3n) is 5.51. The molecule has 1 aromatic rings. The van der Waals surface area contributed by atoms with Crippen molar-refractivity contribution in [1.29, 1.82) is 0 Å². The van der Waals surface area contributed by atoms with E-state index in [-0.39, 0.29) is 0 Å². The highest BCUT2D eigenvalue weighted by Gasteiger charge is 2.22. The maximum atomic E-state index is 5.52. The molecule has 1 saturated heterocycles. The summed E-state index contributed by atoms with van der Waals surface area (Å²) >= 11 is 0. The van der Waals surface area contributed by atoms with E-state index in [1.165, 1.54) is 11.3 Å². The molecule has 0 aromatic carbocycles. The fraction of sp³-hybridized carbons (Fsp3) is 0.810. The highest BCUT2D eigenvalue weighted by molar-refractivity contribution is 5.79. The Morgan fingerprint density at radius 1 is 1.24 bits per heavy atom. The van der Waals surface area contributed by atoms with Crippen molar-refractivity contribution in [2.45, 2.75) is 53.2 Å². The van der Waals surface area contributed by atoms with E-state index in [0.29, 0.717) is 25.1 Å². The van der Waals surface area contributed by atoms with Crippen molar-refractivity contribution in [3.05, 3.63) is 17.0 Å². The van der Waals surface area contributed by atoms with Crippen LogP contribution in [0.5, 0.6) is 0 Å². The van der Waals surface area contributed by atoms with Crippen molar-refractivity contribution in [1.82, 2.24) is 25.3 Å². The molecule has 8 heteroatoms. The van der Waals surface area contributed by atoms with Gasteiger partial charge in [0.05, 0.1) is 32.1 Å². The minimum Gasteiger partial charge on any atom is -0.383 e. The third-order valence-corrected chi connectivity index (χ3v) is 5.51. The molecule has 1 atom stereocenters. The van der Waals surface area contributed by atoms with Crippen molar-refractivity contribution in [2.24, 2.45) is 10.9 Å². The molecule has 8 nitrogen and oxygen atoms in total. The number of hydrogen-bond acceptors (Lipinski definition) is 5. The van der Waals surface area contributed by atoms with Gasteiger partial charge in [0.15, 0.2) is 5.96 Å². The molecule has 1 aliphatic rings. The lowest BCUT2D eigenvalue weighted by molar-refractivity contribution is 0.0132. The monoisotopic (exact) mass is 408 g/mol. The Kier molecular flexibility index (Phi) is 9.90. The number of methoxy groups -OCH3 is 1. The molecule has 2 rings (SSSR count). The number of hydrogen-bond donors (Lipinski definition) is 2. The third kappa shape index (κ3) is 7.28. The highest BCUT2D eigenvalue weighted by Crippen LogP contribution is 2.14. The van der Waals surface area contributed by atoms with Crippen molar-refractivity contribution in [2.75, 3.05) is 53.6 Å². The number of rotatable bonds is 10. The first-order valence-electron chi connectivity index (χ1n) is 10.7. The minimum atomic E-state index is 0.484. The smallest absolute Gasteiger partial charge is 0.191 e. The van der Waals surface area contributed by atoms with Crippen LogP contribution in [0.3, 0.4) is 0 Å². The number of aromatic nitrogens is 2. The molecule has 1 unspecified atom stereocenters. The van der Waals surface area contributed by atoms with Crippen molar-refractivity contribution in [3.8, 4) is 0 Å². The summed E-state index contributed by atoms with van der Waals surface area (Å²) in [7, 11) is 3.54. The predicted molar refractivity (Wildman–Crippen MR) is 117 cm³/mol. The van der Waals surface area contributed by atoms with Gasteiger partial charge in [-0.05, 0) is 26.2 Å². The van der Waals surface area contributed by atoms with Gasteiger partial charge >= 0.3 is 0 Å². The predicted octanol–water partition coefficient (Wildman–Crippen LogP) is 1.56. The Balaban J connectivity index is 1.91. The van der Waals surface area contributed by atoms with Gasteiger partial charge < -0.3 is 20.1 Å². The molecule has 2 N–H and O–H groups in total. The van der Waals surface area contributed by atoms with Crippen LogP contribution >= 0.6 is 0 Å². The number of guanidine groups is 1. The van der Waals surface area contributed by atoms with Crippen molar-refractivity contribution >= 4 is 5.96 Å². The van der Waals surface area contributed by atoms with Gasteiger partial charge in [-0.2, -0.15) is 5.10 Å². The number of aliphatic imine (C=N–C) groups is 1. The topological polar surface area (TPSA) is 75.9 Å². The Morgan fingerprint density at radius 3 is 2.59 bits per heavy atom. The molecule has 0 saturated carbocycles. The highest BCUT2D eigenvalue weighted by atomic mass is 16.5. The van der Waals surface area contributed by atoms with E-state index in [0.717, 1.165) is 57.5 Å². The van der Waals surface area contributed by atoms with E-state index >= 15 is 0 Å². The Morgan fingerprint density at radius 2 is 1.97 bits per heavy atom. The largest absolute Gasteiger partial charge is 0.383 e. The van der Waals surface area contributed by atoms with Gasteiger partial charge in [-0.15, -0.1) is 0 Å². The lowest BCUT2D eigenvalue weighted by Gasteiger charge is -2.35. The summed E-state index contributed by atoms with van der Waals surface area (Å²) in [5.74, 6) is 1.48. The summed E-state index contributed by atoms with van der Waals surface area (Å²) in [6, 6.07) is 0.484. The zero-order valence-corrected chi connectivity index (χ0v) is 19.1. The van der Waals surface area contributed by atoms with Gasteiger partial charge in [0, 0.05) is 57.6 Å². The van der Waals surface area contributed by atoms with E-state index in [1.807, 2.05) is 11.7 Å². The molecule has 1 aromatic heterocycles. The average Bonchev–Trinajstić information content (AvgIpc) is 2.98. The summed E-state index contributed by atoms with van der Waals surface area (Å²) in [4.78, 5) is 6.96. The summed E-state index contributed by atoms with van der Waals surface area (Å²) in [6.45, 7) is 15.4. The molecular weight excluding hydrogens is 368 g/mol. The van der Waals surface area contributed by atoms with Crippen molar-refractivity contribution < 1.29 is 9.47 Å². The summed E-state index contributed by atoms with van der Waals surface area (Å²) in [5, 5.41) is 11.6. The zero-order valence-electron chi connectivity index (χ0n) is 19.1. The number of ether oxygens (including phenoxy) is 2. The molecule has 1 fully saturated rings. The summed E-state index contributed by atoms with van der Waals surface area (Å²) in [5.41, 5.74) is 3.44. The fourth-order valence-corrected chi connectivity index (χ4v) is 3.84. The van der Waals surface area contributed by atoms with Crippen LogP contribution in [-0.4, -0.2) is 80.3 Å². The zero-order chi connectivity index (χ0) is 21.2. The molecule has 1 aliphatic heterocycles. The van der Waals surface area contributed by atoms with Crippen LogP contribution in [0.2, 0.25) is 0 Å². The number of morpholine rings is 1. The second-order valence-electron chi connectivity index (χ2n) is 8.10. The molecule has 0 amide bonds. The van der Waals surface area contributed by atoms with Crippen LogP contribution < -0.4 is 10.6 Å². The standard InChI is InChI=1S/C21H40N6O2/c1-16(2)13-19(26-7-11-29-12-8-26)14-23-21(22-5)24-15-20-17(3)25-27(18(20)4)9-10-28-6/h16,19H,7-15H2,1-6H3,(H2,22,23,24). The fourth-order valence-electron chi connectivity index (χ4n) is 3.84. The van der Waals surface area contributed by atoms with Crippen LogP contribution in [-0.2, 0) is 22.6 Å². The molecule has 2 heterocycles. The molecule has 0 aliphatic carbocycles. The minimum absolute atomic E-state index is 0.484. The van der Waals surface area contributed by atoms with Crippen LogP contribution in [0, 0.1) is 19.8 Å². The lowest BCUT2D eigenvalue weighted by Crippen LogP contribution is -2.51. The summed E-state index contributed by atoms with van der Waals surface area (Å²) in [6.07, 6.45) is 1.16. The van der Waals surface area contributed by atoms with E-state index in [4.69, 9.17) is 9.47 Å². The molecular formula is C21H40N6O2. The van der Waals surface area contributed by atoms with Crippen LogP contribution in [0.1, 0.15) is 37.2 Å². The second-order valence-corrected chi connectivity index (χ2v) is 8.10. The van der Waals surface area contributed by atoms with Gasteiger partial charge in [-0.25, -0.2) is 0 Å². The maximum absolute atomic E-state index is 5.52. The quantitative estimate of drug-likeness (QED) is 0.452. The van der Waals surface area contributed by atoms with Crippen molar-refractivity contribution in [3.63, 3.8) is 0 Å². The summed E-state index contributed by atoms with van der Waals surface area (Å²) < 4.78 is 12.7. The second kappa shape index (κ2) is 12.1. The molecule has 0 spiro atoms. The first-order chi connectivity index (χ1) is 14.0. The first-order valence-corrected chi connectivity index (χ1v) is 10.7. The van der Waals surface area contributed by atoms with Gasteiger partial charge in [-0.1, -0.05) is 13.8 Å². The van der Waals surface area contributed by atoms with Crippen LogP contribution in [0.25, 0.3) is 0 Å². The lowest BCUT2D eigenvalue weighted by atomic mass is 10.0. The molecule has 0 bridgehead atoms. The molecule has 0 radical (unpaired) electrons. The Bertz CT molecular complexity index is 637. The normalized spacial score (nSPS) is 17.0. The average molecular weight is 409 g/mol. The van der Waals surface area contributed by atoms with Gasteiger partial charge in [0.1, 0.15) is 0 Å². The number of aryl methyl sites for hydroxylation is 1. The van der Waals surface area contributed by atoms with E-state index in [9.17, 15) is 0 Å². The SMILES string of the molecule is CN=C(NCc1c(C)nn(CCOC)c1C)NCC(CC(C)C)N1CCOCC1. The van der Waals surface area contributed by atoms with Gasteiger partial charge in [0.25, 0.3) is 0 Å². The molecule has 29 heavy (non-hydrogen) atoms. The first kappa shape index (κ1) is 23.6. The van der Waals surface area contributed by atoms with E-state index in [2.05, 4.69) is 53.3 Å². The molecule has 166 valence electrons. The van der Waals surface area contributed by atoms with E-state index < -0.39 is 0 Å². The number of nitrogens with one attached hydrogen (secondary N) is 2. The Hall–Kier alpha value is -1.64.